The molecule has 2 aliphatic rings. The van der Waals surface area contributed by atoms with Crippen LogP contribution in [0.1, 0.15) is 44.6 Å². The Balaban J connectivity index is 1.42. The van der Waals surface area contributed by atoms with Crippen molar-refractivity contribution < 1.29 is 9.69 Å². The zero-order chi connectivity index (χ0) is 18.4. The quantitative estimate of drug-likeness (QED) is 0.766. The number of amides is 1. The topological polar surface area (TPSA) is 36.8 Å². The van der Waals surface area contributed by atoms with Gasteiger partial charge in [0, 0.05) is 12.2 Å². The largest absolute Gasteiger partial charge is 0.360 e. The Morgan fingerprint density at radius 2 is 2.00 bits per heavy atom. The standard InChI is InChI=1S/C22H33N3O/c1-18-8-6-7-11-21(18)25-16-14-24(15-17-25)19(2)22(26)23-13-12-20-9-4-3-5-10-20/h6-9,11,19H,3-5,10,12-17H2,1-2H3,(H,23,26)/p+1/t19-/m0/s1. The fraction of sp³-hybridized carbons (Fsp3) is 0.591. The number of rotatable bonds is 6. The van der Waals surface area contributed by atoms with Crippen molar-refractivity contribution in [3.05, 3.63) is 41.5 Å². The molecule has 1 aromatic carbocycles. The van der Waals surface area contributed by atoms with Crippen LogP contribution in [0.2, 0.25) is 0 Å². The molecule has 0 radical (unpaired) electrons. The summed E-state index contributed by atoms with van der Waals surface area (Å²) >= 11 is 0. The summed E-state index contributed by atoms with van der Waals surface area (Å²) in [6.07, 6.45) is 8.47. The first kappa shape index (κ1) is 19.0. The zero-order valence-electron chi connectivity index (χ0n) is 16.4. The molecule has 1 aromatic rings. The molecule has 1 amide bonds. The highest BCUT2D eigenvalue weighted by Gasteiger charge is 2.29. The van der Waals surface area contributed by atoms with Gasteiger partial charge in [-0.15, -0.1) is 0 Å². The highest BCUT2D eigenvalue weighted by Crippen LogP contribution is 2.20. The minimum Gasteiger partial charge on any atom is -0.360 e. The van der Waals surface area contributed by atoms with Crippen molar-refractivity contribution in [1.82, 2.24) is 5.32 Å². The van der Waals surface area contributed by atoms with E-state index in [2.05, 4.69) is 54.4 Å². The van der Waals surface area contributed by atoms with Crippen LogP contribution in [0.4, 0.5) is 5.69 Å². The van der Waals surface area contributed by atoms with E-state index in [0.29, 0.717) is 0 Å². The maximum Gasteiger partial charge on any atom is 0.278 e. The van der Waals surface area contributed by atoms with Crippen molar-refractivity contribution in [3.8, 4) is 0 Å². The van der Waals surface area contributed by atoms with Gasteiger partial charge in [-0.05, 0) is 57.6 Å². The molecule has 1 saturated heterocycles. The molecule has 1 aliphatic heterocycles. The molecule has 1 aliphatic carbocycles. The third-order valence-electron chi connectivity index (χ3n) is 6.00. The van der Waals surface area contributed by atoms with E-state index < -0.39 is 0 Å². The second-order valence-corrected chi connectivity index (χ2v) is 7.80. The van der Waals surface area contributed by atoms with Crippen LogP contribution in [0.3, 0.4) is 0 Å². The van der Waals surface area contributed by atoms with E-state index in [-0.39, 0.29) is 11.9 Å². The Bertz CT molecular complexity index is 632. The Morgan fingerprint density at radius 3 is 2.69 bits per heavy atom. The van der Waals surface area contributed by atoms with Crippen LogP contribution in [-0.2, 0) is 4.79 Å². The van der Waals surface area contributed by atoms with Crippen molar-refractivity contribution in [2.45, 2.75) is 52.0 Å². The molecule has 0 spiro atoms. The minimum atomic E-state index is 0.0364. The number of nitrogens with one attached hydrogen (secondary N) is 2. The first-order valence-electron chi connectivity index (χ1n) is 10.3. The number of carbonyl (C=O) groups is 1. The SMILES string of the molecule is Cc1ccccc1N1CC[NH+]([C@@H](C)C(=O)NCCC2=CCCCC2)CC1. The van der Waals surface area contributed by atoms with E-state index in [0.717, 1.165) is 39.1 Å². The lowest BCUT2D eigenvalue weighted by molar-refractivity contribution is -0.914. The van der Waals surface area contributed by atoms with E-state index in [1.807, 2.05) is 0 Å². The average Bonchev–Trinajstić information content (AvgIpc) is 2.69. The number of benzene rings is 1. The molecule has 142 valence electrons. The number of quaternary nitrogens is 1. The number of carbonyl (C=O) groups excluding carboxylic acids is 1. The lowest BCUT2D eigenvalue weighted by Crippen LogP contribution is -3.19. The van der Waals surface area contributed by atoms with Crippen LogP contribution in [0.5, 0.6) is 0 Å². The fourth-order valence-electron chi connectivity index (χ4n) is 4.20. The molecule has 4 nitrogen and oxygen atoms in total. The van der Waals surface area contributed by atoms with E-state index in [9.17, 15) is 4.79 Å². The van der Waals surface area contributed by atoms with Crippen molar-refractivity contribution >= 4 is 11.6 Å². The summed E-state index contributed by atoms with van der Waals surface area (Å²) in [6, 6.07) is 8.62. The molecule has 1 atom stereocenters. The number of para-hydroxylation sites is 1. The lowest BCUT2D eigenvalue weighted by atomic mass is 9.97. The van der Waals surface area contributed by atoms with Gasteiger partial charge < -0.3 is 15.1 Å². The predicted molar refractivity (Wildman–Crippen MR) is 108 cm³/mol. The van der Waals surface area contributed by atoms with Crippen molar-refractivity contribution in [3.63, 3.8) is 0 Å². The fourth-order valence-corrected chi connectivity index (χ4v) is 4.20. The summed E-state index contributed by atoms with van der Waals surface area (Å²) in [4.78, 5) is 16.4. The number of piperazine rings is 1. The molecule has 3 rings (SSSR count). The van der Waals surface area contributed by atoms with Gasteiger partial charge in [0.1, 0.15) is 0 Å². The highest BCUT2D eigenvalue weighted by molar-refractivity contribution is 5.79. The van der Waals surface area contributed by atoms with Crippen LogP contribution < -0.4 is 15.1 Å². The van der Waals surface area contributed by atoms with Gasteiger partial charge in [0.15, 0.2) is 6.04 Å². The molecule has 0 bridgehead atoms. The molecular weight excluding hydrogens is 322 g/mol. The third-order valence-corrected chi connectivity index (χ3v) is 6.00. The summed E-state index contributed by atoms with van der Waals surface area (Å²) < 4.78 is 0. The average molecular weight is 357 g/mol. The van der Waals surface area contributed by atoms with E-state index in [4.69, 9.17) is 0 Å². The lowest BCUT2D eigenvalue weighted by Gasteiger charge is -2.36. The second-order valence-electron chi connectivity index (χ2n) is 7.80. The monoisotopic (exact) mass is 356 g/mol. The second kappa shape index (κ2) is 9.22. The number of aryl methyl sites for hydroxylation is 1. The number of allylic oxidation sites excluding steroid dienone is 1. The third kappa shape index (κ3) is 4.88. The minimum absolute atomic E-state index is 0.0364. The van der Waals surface area contributed by atoms with E-state index >= 15 is 0 Å². The first-order valence-corrected chi connectivity index (χ1v) is 10.3. The summed E-state index contributed by atoms with van der Waals surface area (Å²) in [6.45, 7) is 9.12. The summed E-state index contributed by atoms with van der Waals surface area (Å²) in [5, 5.41) is 3.16. The van der Waals surface area contributed by atoms with Gasteiger partial charge in [0.25, 0.3) is 5.91 Å². The van der Waals surface area contributed by atoms with Crippen LogP contribution in [-0.4, -0.2) is 44.7 Å². The Kier molecular flexibility index (Phi) is 6.73. The number of nitrogens with zero attached hydrogens (tertiary/aromatic N) is 1. The number of anilines is 1. The van der Waals surface area contributed by atoms with Gasteiger partial charge in [-0.3, -0.25) is 4.79 Å². The van der Waals surface area contributed by atoms with Gasteiger partial charge >= 0.3 is 0 Å². The maximum absolute atomic E-state index is 12.5. The van der Waals surface area contributed by atoms with E-state index in [1.54, 1.807) is 0 Å². The molecule has 26 heavy (non-hydrogen) atoms. The van der Waals surface area contributed by atoms with Crippen LogP contribution in [0.25, 0.3) is 0 Å². The zero-order valence-corrected chi connectivity index (χ0v) is 16.4. The molecule has 0 aromatic heterocycles. The highest BCUT2D eigenvalue weighted by atomic mass is 16.2. The van der Waals surface area contributed by atoms with Gasteiger partial charge in [0.2, 0.25) is 0 Å². The first-order chi connectivity index (χ1) is 12.6. The van der Waals surface area contributed by atoms with Gasteiger partial charge in [-0.2, -0.15) is 0 Å². The Labute approximate surface area is 158 Å². The van der Waals surface area contributed by atoms with E-state index in [1.165, 1.54) is 47.4 Å². The molecular formula is C22H34N3O+. The normalized spacial score (nSPS) is 19.8. The van der Waals surface area contributed by atoms with Crippen LogP contribution >= 0.6 is 0 Å². The molecule has 0 saturated carbocycles. The summed E-state index contributed by atoms with van der Waals surface area (Å²) in [5.41, 5.74) is 4.20. The Hall–Kier alpha value is -1.81. The predicted octanol–water partition coefficient (Wildman–Crippen LogP) is 2.10. The number of hydrogen-bond acceptors (Lipinski definition) is 2. The van der Waals surface area contributed by atoms with Crippen LogP contribution in [0, 0.1) is 6.92 Å². The molecule has 1 heterocycles. The van der Waals surface area contributed by atoms with Crippen LogP contribution in [0.15, 0.2) is 35.9 Å². The smallest absolute Gasteiger partial charge is 0.278 e. The van der Waals surface area contributed by atoms with Crippen molar-refractivity contribution in [2.24, 2.45) is 0 Å². The molecule has 2 N–H and O–H groups in total. The maximum atomic E-state index is 12.5. The summed E-state index contributed by atoms with van der Waals surface area (Å²) in [7, 11) is 0. The van der Waals surface area contributed by atoms with Crippen molar-refractivity contribution in [2.75, 3.05) is 37.6 Å². The number of hydrogen-bond donors (Lipinski definition) is 2. The molecule has 4 heteroatoms. The molecule has 1 fully saturated rings. The van der Waals surface area contributed by atoms with Crippen molar-refractivity contribution in [1.29, 1.82) is 0 Å². The summed E-state index contributed by atoms with van der Waals surface area (Å²) in [5.74, 6) is 0.209. The van der Waals surface area contributed by atoms with Gasteiger partial charge in [0.05, 0.1) is 26.2 Å². The van der Waals surface area contributed by atoms with Gasteiger partial charge in [-0.25, -0.2) is 0 Å². The Morgan fingerprint density at radius 1 is 1.23 bits per heavy atom. The van der Waals surface area contributed by atoms with Gasteiger partial charge in [-0.1, -0.05) is 29.8 Å². The molecule has 0 unspecified atom stereocenters.